The van der Waals surface area contributed by atoms with Crippen LogP contribution in [0.25, 0.3) is 0 Å². The number of nitrogens with zero attached hydrogens (tertiary/aromatic N) is 1. The van der Waals surface area contributed by atoms with Crippen LogP contribution in [0.2, 0.25) is 0 Å². The summed E-state index contributed by atoms with van der Waals surface area (Å²) >= 11 is 0. The van der Waals surface area contributed by atoms with Gasteiger partial charge in [-0.3, -0.25) is 15.0 Å². The molecule has 116 valence electrons. The largest absolute Gasteiger partial charge is 0.480 e. The fraction of sp³-hybridized carbons (Fsp3) is 0.933. The quantitative estimate of drug-likeness (QED) is 0.741. The summed E-state index contributed by atoms with van der Waals surface area (Å²) in [6.45, 7) is 8.75. The summed E-state index contributed by atoms with van der Waals surface area (Å²) in [5, 5.41) is 12.7. The van der Waals surface area contributed by atoms with Crippen LogP contribution < -0.4 is 5.32 Å². The zero-order valence-corrected chi connectivity index (χ0v) is 12.9. The van der Waals surface area contributed by atoms with Crippen LogP contribution in [0.4, 0.5) is 0 Å². The van der Waals surface area contributed by atoms with E-state index in [1.807, 2.05) is 6.92 Å². The molecule has 2 N–H and O–H groups in total. The monoisotopic (exact) mass is 284 g/mol. The molecule has 0 aromatic heterocycles. The van der Waals surface area contributed by atoms with Crippen LogP contribution in [-0.4, -0.2) is 59.4 Å². The van der Waals surface area contributed by atoms with E-state index in [1.165, 1.54) is 0 Å². The van der Waals surface area contributed by atoms with Crippen molar-refractivity contribution in [1.82, 2.24) is 10.2 Å². The molecule has 1 saturated carbocycles. The zero-order chi connectivity index (χ0) is 14.8. The van der Waals surface area contributed by atoms with E-state index in [2.05, 4.69) is 24.1 Å². The van der Waals surface area contributed by atoms with E-state index in [4.69, 9.17) is 4.74 Å². The molecule has 5 nitrogen and oxygen atoms in total. The van der Waals surface area contributed by atoms with Gasteiger partial charge in [0.1, 0.15) is 5.54 Å². The normalized spacial score (nSPS) is 30.9. The maximum absolute atomic E-state index is 11.5. The molecule has 2 fully saturated rings. The number of ether oxygens (including phenoxy) is 1. The van der Waals surface area contributed by atoms with Crippen molar-refractivity contribution >= 4 is 5.97 Å². The highest BCUT2D eigenvalue weighted by Gasteiger charge is 2.38. The molecule has 1 heterocycles. The lowest BCUT2D eigenvalue weighted by Gasteiger charge is -2.37. The Kier molecular flexibility index (Phi) is 5.04. The van der Waals surface area contributed by atoms with Gasteiger partial charge in [0.15, 0.2) is 0 Å². The van der Waals surface area contributed by atoms with E-state index in [9.17, 15) is 9.90 Å². The van der Waals surface area contributed by atoms with Crippen LogP contribution in [0, 0.1) is 0 Å². The first-order valence-corrected chi connectivity index (χ1v) is 7.77. The summed E-state index contributed by atoms with van der Waals surface area (Å²) in [5.41, 5.74) is -0.775. The highest BCUT2D eigenvalue weighted by molar-refractivity contribution is 5.78. The van der Waals surface area contributed by atoms with Gasteiger partial charge >= 0.3 is 5.97 Å². The number of hydrogen-bond acceptors (Lipinski definition) is 4. The highest BCUT2D eigenvalue weighted by atomic mass is 16.5. The maximum atomic E-state index is 11.5. The number of aliphatic carboxylic acids is 1. The number of rotatable bonds is 7. The molecule has 0 bridgehead atoms. The molecule has 0 amide bonds. The smallest absolute Gasteiger partial charge is 0.323 e. The third-order valence-corrected chi connectivity index (χ3v) is 4.43. The Balaban J connectivity index is 1.78. The SMILES string of the molecule is CC1CN(CCCC(C)(NC2CC2)C(=O)O)C(C)CO1. The van der Waals surface area contributed by atoms with Gasteiger partial charge in [-0.2, -0.15) is 0 Å². The number of carboxylic acids is 1. The standard InChI is InChI=1S/C15H28N2O3/c1-11-10-20-12(2)9-17(11)8-4-7-15(3,14(18)19)16-13-5-6-13/h11-13,16H,4-10H2,1-3H3,(H,18,19). The first-order chi connectivity index (χ1) is 9.40. The molecule has 0 radical (unpaired) electrons. The predicted molar refractivity (Wildman–Crippen MR) is 77.9 cm³/mol. The van der Waals surface area contributed by atoms with Crippen molar-refractivity contribution in [1.29, 1.82) is 0 Å². The Morgan fingerprint density at radius 1 is 1.45 bits per heavy atom. The summed E-state index contributed by atoms with van der Waals surface area (Å²) in [6, 6.07) is 0.845. The molecule has 3 atom stereocenters. The summed E-state index contributed by atoms with van der Waals surface area (Å²) in [5.74, 6) is -0.729. The van der Waals surface area contributed by atoms with Crippen molar-refractivity contribution in [3.63, 3.8) is 0 Å². The minimum atomic E-state index is -0.775. The first kappa shape index (κ1) is 15.7. The average Bonchev–Trinajstić information content (AvgIpc) is 3.17. The fourth-order valence-electron chi connectivity index (χ4n) is 2.84. The molecule has 1 aliphatic carbocycles. The highest BCUT2D eigenvalue weighted by Crippen LogP contribution is 2.25. The minimum absolute atomic E-state index is 0.279. The lowest BCUT2D eigenvalue weighted by molar-refractivity contribution is -0.144. The predicted octanol–water partition coefficient (Wildman–Crippen LogP) is 1.47. The topological polar surface area (TPSA) is 61.8 Å². The van der Waals surface area contributed by atoms with Crippen LogP contribution in [0.15, 0.2) is 0 Å². The summed E-state index contributed by atoms with van der Waals surface area (Å²) in [6.07, 6.45) is 4.08. The molecule has 0 aromatic rings. The summed E-state index contributed by atoms with van der Waals surface area (Å²) in [7, 11) is 0. The van der Waals surface area contributed by atoms with E-state index in [1.54, 1.807) is 0 Å². The Morgan fingerprint density at radius 3 is 2.75 bits per heavy atom. The van der Waals surface area contributed by atoms with Crippen LogP contribution in [0.1, 0.15) is 46.5 Å². The van der Waals surface area contributed by atoms with Crippen molar-refractivity contribution in [2.75, 3.05) is 19.7 Å². The molecule has 1 saturated heterocycles. The molecule has 2 aliphatic rings. The van der Waals surface area contributed by atoms with Crippen molar-refractivity contribution in [3.05, 3.63) is 0 Å². The Labute approximate surface area is 121 Å². The molecular formula is C15H28N2O3. The van der Waals surface area contributed by atoms with Gasteiger partial charge in [0.25, 0.3) is 0 Å². The van der Waals surface area contributed by atoms with Crippen LogP contribution in [0.3, 0.4) is 0 Å². The van der Waals surface area contributed by atoms with E-state index in [-0.39, 0.29) is 6.10 Å². The van der Waals surface area contributed by atoms with Crippen molar-refractivity contribution < 1.29 is 14.6 Å². The number of carbonyl (C=O) groups is 1. The molecule has 3 unspecified atom stereocenters. The molecule has 20 heavy (non-hydrogen) atoms. The zero-order valence-electron chi connectivity index (χ0n) is 12.9. The third kappa shape index (κ3) is 4.17. The summed E-state index contributed by atoms with van der Waals surface area (Å²) < 4.78 is 5.62. The molecule has 0 aromatic carbocycles. The lowest BCUT2D eigenvalue weighted by atomic mass is 9.95. The number of carboxylic acid groups (broad SMARTS) is 1. The Morgan fingerprint density at radius 2 is 2.15 bits per heavy atom. The third-order valence-electron chi connectivity index (χ3n) is 4.43. The number of nitrogens with one attached hydrogen (secondary N) is 1. The van der Waals surface area contributed by atoms with Crippen molar-refractivity contribution in [3.8, 4) is 0 Å². The van der Waals surface area contributed by atoms with Crippen LogP contribution in [0.5, 0.6) is 0 Å². The molecule has 1 aliphatic heterocycles. The average molecular weight is 284 g/mol. The van der Waals surface area contributed by atoms with Gasteiger partial charge in [-0.15, -0.1) is 0 Å². The van der Waals surface area contributed by atoms with Gasteiger partial charge in [-0.05, 0) is 53.0 Å². The lowest BCUT2D eigenvalue weighted by Crippen LogP contribution is -2.52. The maximum Gasteiger partial charge on any atom is 0.323 e. The fourth-order valence-corrected chi connectivity index (χ4v) is 2.84. The molecule has 5 heteroatoms. The van der Waals surface area contributed by atoms with Crippen molar-refractivity contribution in [2.24, 2.45) is 0 Å². The second-order valence-corrected chi connectivity index (χ2v) is 6.65. The van der Waals surface area contributed by atoms with Gasteiger partial charge < -0.3 is 9.84 Å². The van der Waals surface area contributed by atoms with Gasteiger partial charge in [-0.25, -0.2) is 0 Å². The molecule has 2 rings (SSSR count). The Hall–Kier alpha value is -0.650. The van der Waals surface area contributed by atoms with E-state index in [0.29, 0.717) is 18.5 Å². The van der Waals surface area contributed by atoms with Crippen LogP contribution >= 0.6 is 0 Å². The van der Waals surface area contributed by atoms with Gasteiger partial charge in [0, 0.05) is 18.6 Å². The number of morpholine rings is 1. The second-order valence-electron chi connectivity index (χ2n) is 6.65. The second kappa shape index (κ2) is 6.41. The molecule has 0 spiro atoms. The van der Waals surface area contributed by atoms with E-state index in [0.717, 1.165) is 39.0 Å². The van der Waals surface area contributed by atoms with Gasteiger partial charge in [0.2, 0.25) is 0 Å². The first-order valence-electron chi connectivity index (χ1n) is 7.77. The number of hydrogen-bond donors (Lipinski definition) is 2. The molecular weight excluding hydrogens is 256 g/mol. The Bertz CT molecular complexity index is 346. The van der Waals surface area contributed by atoms with Gasteiger partial charge in [-0.1, -0.05) is 0 Å². The van der Waals surface area contributed by atoms with E-state index < -0.39 is 11.5 Å². The van der Waals surface area contributed by atoms with E-state index >= 15 is 0 Å². The van der Waals surface area contributed by atoms with Crippen LogP contribution in [-0.2, 0) is 9.53 Å². The van der Waals surface area contributed by atoms with Gasteiger partial charge in [0.05, 0.1) is 12.7 Å². The van der Waals surface area contributed by atoms with Crippen molar-refractivity contribution in [2.45, 2.75) is 70.2 Å². The summed E-state index contributed by atoms with van der Waals surface area (Å²) in [4.78, 5) is 13.9. The minimum Gasteiger partial charge on any atom is -0.480 e.